The summed E-state index contributed by atoms with van der Waals surface area (Å²) in [7, 11) is 0. The zero-order valence-electron chi connectivity index (χ0n) is 12.3. The number of anilines is 1. The van der Waals surface area contributed by atoms with Gasteiger partial charge in [-0.3, -0.25) is 0 Å². The molecule has 1 aliphatic rings. The molecule has 1 N–H and O–H groups in total. The van der Waals surface area contributed by atoms with Crippen molar-refractivity contribution in [3.63, 3.8) is 0 Å². The molecule has 2 heterocycles. The van der Waals surface area contributed by atoms with Crippen molar-refractivity contribution in [2.75, 3.05) is 24.5 Å². The second kappa shape index (κ2) is 5.83. The maximum absolute atomic E-state index is 5.89. The van der Waals surface area contributed by atoms with Crippen molar-refractivity contribution in [3.05, 3.63) is 24.3 Å². The van der Waals surface area contributed by atoms with Crippen LogP contribution in [0.4, 0.5) is 6.01 Å². The largest absolute Gasteiger partial charge is 0.423 e. The molecule has 4 nitrogen and oxygen atoms in total. The van der Waals surface area contributed by atoms with E-state index in [0.717, 1.165) is 36.7 Å². The van der Waals surface area contributed by atoms with Gasteiger partial charge in [0.2, 0.25) is 0 Å². The Kier molecular flexibility index (Phi) is 3.92. The SMILES string of the molecule is CCNC(C)C1CCCN(c2nc3ccccc3o2)C1. The zero-order chi connectivity index (χ0) is 13.9. The second-order valence-corrected chi connectivity index (χ2v) is 5.66. The molecule has 4 heteroatoms. The Balaban J connectivity index is 1.76. The van der Waals surface area contributed by atoms with Gasteiger partial charge >= 0.3 is 0 Å². The molecule has 0 radical (unpaired) electrons. The van der Waals surface area contributed by atoms with Crippen molar-refractivity contribution in [2.45, 2.75) is 32.7 Å². The van der Waals surface area contributed by atoms with Crippen LogP contribution in [0, 0.1) is 5.92 Å². The van der Waals surface area contributed by atoms with E-state index >= 15 is 0 Å². The lowest BCUT2D eigenvalue weighted by molar-refractivity contribution is 0.316. The van der Waals surface area contributed by atoms with E-state index in [2.05, 4.69) is 29.0 Å². The Morgan fingerprint density at radius 1 is 1.45 bits per heavy atom. The molecule has 3 rings (SSSR count). The van der Waals surface area contributed by atoms with Crippen LogP contribution in [-0.2, 0) is 0 Å². The number of nitrogens with zero attached hydrogens (tertiary/aromatic N) is 2. The highest BCUT2D eigenvalue weighted by Gasteiger charge is 2.26. The van der Waals surface area contributed by atoms with Gasteiger partial charge in [-0.2, -0.15) is 4.98 Å². The molecule has 2 atom stereocenters. The van der Waals surface area contributed by atoms with Gasteiger partial charge in [-0.1, -0.05) is 19.1 Å². The lowest BCUT2D eigenvalue weighted by Gasteiger charge is -2.35. The Morgan fingerprint density at radius 3 is 3.10 bits per heavy atom. The van der Waals surface area contributed by atoms with Gasteiger partial charge in [-0.25, -0.2) is 0 Å². The van der Waals surface area contributed by atoms with E-state index in [0.29, 0.717) is 12.0 Å². The molecule has 0 aliphatic carbocycles. The molecule has 0 amide bonds. The number of piperidine rings is 1. The Labute approximate surface area is 120 Å². The minimum absolute atomic E-state index is 0.548. The number of para-hydroxylation sites is 2. The summed E-state index contributed by atoms with van der Waals surface area (Å²) in [5, 5.41) is 3.54. The van der Waals surface area contributed by atoms with E-state index in [1.165, 1.54) is 12.8 Å². The molecule has 1 aromatic heterocycles. The van der Waals surface area contributed by atoms with Crippen LogP contribution < -0.4 is 10.2 Å². The van der Waals surface area contributed by atoms with Gasteiger partial charge in [0.25, 0.3) is 6.01 Å². The molecule has 1 aliphatic heterocycles. The Bertz CT molecular complexity index is 533. The van der Waals surface area contributed by atoms with Crippen molar-refractivity contribution in [2.24, 2.45) is 5.92 Å². The summed E-state index contributed by atoms with van der Waals surface area (Å²) in [5.74, 6) is 0.665. The molecule has 2 unspecified atom stereocenters. The number of oxazole rings is 1. The fourth-order valence-corrected chi connectivity index (χ4v) is 3.08. The average Bonchev–Trinajstić information content (AvgIpc) is 2.91. The molecule has 1 aromatic carbocycles. The zero-order valence-corrected chi connectivity index (χ0v) is 12.3. The number of aromatic nitrogens is 1. The van der Waals surface area contributed by atoms with Crippen LogP contribution in [0.1, 0.15) is 26.7 Å². The van der Waals surface area contributed by atoms with Crippen molar-refractivity contribution >= 4 is 17.1 Å². The lowest BCUT2D eigenvalue weighted by atomic mass is 9.92. The first kappa shape index (κ1) is 13.4. The predicted octanol–water partition coefficient (Wildman–Crippen LogP) is 3.04. The molecule has 2 aromatic rings. The van der Waals surface area contributed by atoms with E-state index in [-0.39, 0.29) is 0 Å². The first-order valence-corrected chi connectivity index (χ1v) is 7.62. The van der Waals surface area contributed by atoms with E-state index in [1.54, 1.807) is 0 Å². The summed E-state index contributed by atoms with van der Waals surface area (Å²) >= 11 is 0. The van der Waals surface area contributed by atoms with Crippen LogP contribution in [0.5, 0.6) is 0 Å². The lowest BCUT2D eigenvalue weighted by Crippen LogP contribution is -2.44. The molecule has 1 fully saturated rings. The minimum atomic E-state index is 0.548. The maximum atomic E-state index is 5.89. The van der Waals surface area contributed by atoms with E-state index in [4.69, 9.17) is 4.42 Å². The molecule has 0 bridgehead atoms. The van der Waals surface area contributed by atoms with Gasteiger partial charge in [0.1, 0.15) is 5.52 Å². The first-order chi connectivity index (χ1) is 9.78. The molecule has 1 saturated heterocycles. The van der Waals surface area contributed by atoms with Crippen LogP contribution in [-0.4, -0.2) is 30.7 Å². The summed E-state index contributed by atoms with van der Waals surface area (Å²) in [4.78, 5) is 6.91. The van der Waals surface area contributed by atoms with Gasteiger partial charge in [-0.15, -0.1) is 0 Å². The Morgan fingerprint density at radius 2 is 2.30 bits per heavy atom. The maximum Gasteiger partial charge on any atom is 0.298 e. The molecular formula is C16H23N3O. The molecule has 0 saturated carbocycles. The quantitative estimate of drug-likeness (QED) is 0.929. The van der Waals surface area contributed by atoms with Crippen LogP contribution in [0.25, 0.3) is 11.1 Å². The molecular weight excluding hydrogens is 250 g/mol. The Hall–Kier alpha value is -1.55. The highest BCUT2D eigenvalue weighted by Crippen LogP contribution is 2.27. The fourth-order valence-electron chi connectivity index (χ4n) is 3.08. The molecule has 20 heavy (non-hydrogen) atoms. The van der Waals surface area contributed by atoms with Crippen molar-refractivity contribution in [3.8, 4) is 0 Å². The summed E-state index contributed by atoms with van der Waals surface area (Å²) < 4.78 is 5.89. The van der Waals surface area contributed by atoms with Crippen molar-refractivity contribution in [1.82, 2.24) is 10.3 Å². The van der Waals surface area contributed by atoms with Crippen LogP contribution in [0.15, 0.2) is 28.7 Å². The van der Waals surface area contributed by atoms with Gasteiger partial charge in [0.15, 0.2) is 5.58 Å². The van der Waals surface area contributed by atoms with Gasteiger partial charge < -0.3 is 14.6 Å². The third-order valence-electron chi connectivity index (χ3n) is 4.24. The van der Waals surface area contributed by atoms with Crippen molar-refractivity contribution < 1.29 is 4.42 Å². The minimum Gasteiger partial charge on any atom is -0.423 e. The van der Waals surface area contributed by atoms with E-state index in [1.807, 2.05) is 24.3 Å². The number of hydrogen-bond donors (Lipinski definition) is 1. The van der Waals surface area contributed by atoms with Crippen molar-refractivity contribution in [1.29, 1.82) is 0 Å². The topological polar surface area (TPSA) is 41.3 Å². The average molecular weight is 273 g/mol. The van der Waals surface area contributed by atoms with Gasteiger partial charge in [0.05, 0.1) is 0 Å². The number of hydrogen-bond acceptors (Lipinski definition) is 4. The van der Waals surface area contributed by atoms with E-state index in [9.17, 15) is 0 Å². The summed E-state index contributed by atoms with van der Waals surface area (Å²) in [6, 6.07) is 9.30. The van der Waals surface area contributed by atoms with Crippen LogP contribution in [0.3, 0.4) is 0 Å². The highest BCUT2D eigenvalue weighted by molar-refractivity contribution is 5.74. The van der Waals surface area contributed by atoms with Gasteiger partial charge in [0, 0.05) is 19.1 Å². The molecule has 0 spiro atoms. The second-order valence-electron chi connectivity index (χ2n) is 5.66. The number of nitrogens with one attached hydrogen (secondary N) is 1. The number of benzene rings is 1. The van der Waals surface area contributed by atoms with Gasteiger partial charge in [-0.05, 0) is 44.4 Å². The monoisotopic (exact) mass is 273 g/mol. The standard InChI is InChI=1S/C16H23N3O/c1-3-17-12(2)13-7-6-10-19(11-13)16-18-14-8-4-5-9-15(14)20-16/h4-5,8-9,12-13,17H,3,6-7,10-11H2,1-2H3. The predicted molar refractivity (Wildman–Crippen MR) is 82.1 cm³/mol. The smallest absolute Gasteiger partial charge is 0.298 e. The first-order valence-electron chi connectivity index (χ1n) is 7.62. The third-order valence-corrected chi connectivity index (χ3v) is 4.24. The fraction of sp³-hybridized carbons (Fsp3) is 0.562. The molecule has 108 valence electrons. The summed E-state index contributed by atoms with van der Waals surface area (Å²) in [6.07, 6.45) is 2.49. The normalized spacial score (nSPS) is 21.3. The number of rotatable bonds is 4. The van der Waals surface area contributed by atoms with Crippen LogP contribution >= 0.6 is 0 Å². The van der Waals surface area contributed by atoms with E-state index < -0.39 is 0 Å². The summed E-state index contributed by atoms with van der Waals surface area (Å²) in [5.41, 5.74) is 1.83. The highest BCUT2D eigenvalue weighted by atomic mass is 16.4. The number of fused-ring (bicyclic) bond motifs is 1. The summed E-state index contributed by atoms with van der Waals surface area (Å²) in [6.45, 7) is 7.55. The third kappa shape index (κ3) is 2.66. The van der Waals surface area contributed by atoms with Crippen LogP contribution in [0.2, 0.25) is 0 Å².